The number of Topliss-reactive ketones (excluding diaryl/α,β-unsaturated/α-hetero) is 1. The second-order valence-electron chi connectivity index (χ2n) is 3.09. The monoisotopic (exact) mass is 231 g/mol. The molecule has 0 atom stereocenters. The van der Waals surface area contributed by atoms with Gasteiger partial charge in [-0.15, -0.1) is 0 Å². The summed E-state index contributed by atoms with van der Waals surface area (Å²) in [5.41, 5.74) is -0.490. The van der Waals surface area contributed by atoms with Crippen molar-refractivity contribution in [3.05, 3.63) is 35.1 Å². The number of carbonyl (C=O) groups excluding carboxylic acids is 2. The van der Waals surface area contributed by atoms with Gasteiger partial charge in [0, 0.05) is 31.2 Å². The van der Waals surface area contributed by atoms with Crippen LogP contribution in [0.2, 0.25) is 0 Å². The van der Waals surface area contributed by atoms with Gasteiger partial charge in [0.1, 0.15) is 17.5 Å². The van der Waals surface area contributed by atoms with Gasteiger partial charge < -0.3 is 5.32 Å². The number of carbonyl (C=O) groups is 2. The SMILES string of the molecule is CC(=O)C(=O)NCc1c(F)cc(F)cc1F. The first kappa shape index (κ1) is 12.2. The van der Waals surface area contributed by atoms with Gasteiger partial charge in [0.05, 0.1) is 0 Å². The Morgan fingerprint density at radius 2 is 1.69 bits per heavy atom. The second kappa shape index (κ2) is 4.78. The van der Waals surface area contributed by atoms with Crippen LogP contribution in [0.4, 0.5) is 13.2 Å². The molecule has 0 aromatic heterocycles. The van der Waals surface area contributed by atoms with Crippen LogP contribution in [0.15, 0.2) is 12.1 Å². The molecule has 16 heavy (non-hydrogen) atoms. The highest BCUT2D eigenvalue weighted by Crippen LogP contribution is 2.14. The fourth-order valence-corrected chi connectivity index (χ4v) is 1.03. The van der Waals surface area contributed by atoms with Crippen molar-refractivity contribution in [1.82, 2.24) is 5.32 Å². The lowest BCUT2D eigenvalue weighted by Crippen LogP contribution is -2.29. The van der Waals surface area contributed by atoms with Crippen LogP contribution >= 0.6 is 0 Å². The zero-order valence-electron chi connectivity index (χ0n) is 8.31. The maximum absolute atomic E-state index is 13.0. The molecule has 0 unspecified atom stereocenters. The van der Waals surface area contributed by atoms with Gasteiger partial charge in [-0.2, -0.15) is 0 Å². The summed E-state index contributed by atoms with van der Waals surface area (Å²) in [6.45, 7) is 0.517. The fourth-order valence-electron chi connectivity index (χ4n) is 1.03. The minimum atomic E-state index is -1.11. The molecule has 3 nitrogen and oxygen atoms in total. The smallest absolute Gasteiger partial charge is 0.287 e. The van der Waals surface area contributed by atoms with Crippen LogP contribution in [0.5, 0.6) is 0 Å². The summed E-state index contributed by atoms with van der Waals surface area (Å²) in [7, 11) is 0. The minimum Gasteiger partial charge on any atom is -0.345 e. The Morgan fingerprint density at radius 3 is 2.12 bits per heavy atom. The zero-order valence-corrected chi connectivity index (χ0v) is 8.31. The quantitative estimate of drug-likeness (QED) is 0.797. The first-order valence-electron chi connectivity index (χ1n) is 4.34. The maximum Gasteiger partial charge on any atom is 0.287 e. The van der Waals surface area contributed by atoms with Crippen molar-refractivity contribution >= 4 is 11.7 Å². The van der Waals surface area contributed by atoms with Gasteiger partial charge in [0.15, 0.2) is 0 Å². The Kier molecular flexibility index (Phi) is 3.65. The van der Waals surface area contributed by atoms with Crippen molar-refractivity contribution in [2.75, 3.05) is 0 Å². The van der Waals surface area contributed by atoms with Crippen LogP contribution in [0.1, 0.15) is 12.5 Å². The van der Waals surface area contributed by atoms with E-state index in [1.165, 1.54) is 0 Å². The lowest BCUT2D eigenvalue weighted by molar-refractivity contribution is -0.136. The molecule has 0 aliphatic carbocycles. The van der Waals surface area contributed by atoms with Crippen LogP contribution in [-0.2, 0) is 16.1 Å². The van der Waals surface area contributed by atoms with Crippen LogP contribution in [0, 0.1) is 17.5 Å². The van der Waals surface area contributed by atoms with E-state index in [0.29, 0.717) is 12.1 Å². The first-order valence-corrected chi connectivity index (χ1v) is 4.34. The molecule has 0 saturated heterocycles. The lowest BCUT2D eigenvalue weighted by Gasteiger charge is -2.06. The standard InChI is InChI=1S/C10H8F3NO2/c1-5(15)10(16)14-4-7-8(12)2-6(11)3-9(7)13/h2-3H,4H2,1H3,(H,14,16). The Labute approximate surface area is 89.3 Å². The number of amides is 1. The van der Waals surface area contributed by atoms with E-state index in [4.69, 9.17) is 0 Å². The summed E-state index contributed by atoms with van der Waals surface area (Å²) in [5, 5.41) is 2.01. The number of ketones is 1. The normalized spacial score (nSPS) is 10.0. The summed E-state index contributed by atoms with van der Waals surface area (Å²) >= 11 is 0. The average Bonchev–Trinajstić information content (AvgIpc) is 2.15. The molecule has 6 heteroatoms. The van der Waals surface area contributed by atoms with Gasteiger partial charge in [-0.25, -0.2) is 13.2 Å². The number of benzene rings is 1. The molecular weight excluding hydrogens is 223 g/mol. The van der Waals surface area contributed by atoms with Crippen LogP contribution in [0.3, 0.4) is 0 Å². The first-order chi connectivity index (χ1) is 7.41. The number of halogens is 3. The molecule has 0 radical (unpaired) electrons. The van der Waals surface area contributed by atoms with Crippen LogP contribution in [0.25, 0.3) is 0 Å². The third kappa shape index (κ3) is 2.82. The fraction of sp³-hybridized carbons (Fsp3) is 0.200. The summed E-state index contributed by atoms with van der Waals surface area (Å²) in [6.07, 6.45) is 0. The van der Waals surface area contributed by atoms with Crippen molar-refractivity contribution in [3.8, 4) is 0 Å². The lowest BCUT2D eigenvalue weighted by atomic mass is 10.2. The summed E-state index contributed by atoms with van der Waals surface area (Å²) in [4.78, 5) is 21.4. The van der Waals surface area contributed by atoms with E-state index in [0.717, 1.165) is 6.92 Å². The maximum atomic E-state index is 13.0. The highest BCUT2D eigenvalue weighted by atomic mass is 19.1. The third-order valence-corrected chi connectivity index (χ3v) is 1.85. The number of rotatable bonds is 3. The highest BCUT2D eigenvalue weighted by Gasteiger charge is 2.13. The van der Waals surface area contributed by atoms with E-state index >= 15 is 0 Å². The van der Waals surface area contributed by atoms with Gasteiger partial charge in [0.25, 0.3) is 5.91 Å². The van der Waals surface area contributed by atoms with E-state index in [1.54, 1.807) is 0 Å². The molecule has 1 N–H and O–H groups in total. The molecule has 1 amide bonds. The summed E-state index contributed by atoms with van der Waals surface area (Å²) in [5.74, 6) is -4.99. The minimum absolute atomic E-state index is 0.490. The molecule has 0 heterocycles. The third-order valence-electron chi connectivity index (χ3n) is 1.85. The number of hydrogen-bond acceptors (Lipinski definition) is 2. The van der Waals surface area contributed by atoms with Gasteiger partial charge in [-0.1, -0.05) is 0 Å². The molecule has 1 aromatic carbocycles. The van der Waals surface area contributed by atoms with Crippen molar-refractivity contribution in [2.45, 2.75) is 13.5 Å². The predicted molar refractivity (Wildman–Crippen MR) is 48.8 cm³/mol. The molecule has 0 aliphatic heterocycles. The van der Waals surface area contributed by atoms with Crippen molar-refractivity contribution in [1.29, 1.82) is 0 Å². The van der Waals surface area contributed by atoms with E-state index in [9.17, 15) is 22.8 Å². The summed E-state index contributed by atoms with van der Waals surface area (Å²) in [6, 6.07) is 0.997. The topological polar surface area (TPSA) is 46.2 Å². The molecular formula is C10H8F3NO2. The van der Waals surface area contributed by atoms with E-state index in [-0.39, 0.29) is 0 Å². The van der Waals surface area contributed by atoms with Gasteiger partial charge in [-0.3, -0.25) is 9.59 Å². The molecule has 1 rings (SSSR count). The predicted octanol–water partition coefficient (Wildman–Crippen LogP) is 1.31. The van der Waals surface area contributed by atoms with E-state index < -0.39 is 41.3 Å². The highest BCUT2D eigenvalue weighted by molar-refractivity contribution is 6.35. The number of nitrogens with one attached hydrogen (secondary N) is 1. The Hall–Kier alpha value is -1.85. The molecule has 0 aliphatic rings. The molecule has 0 saturated carbocycles. The summed E-state index contributed by atoms with van der Waals surface area (Å²) < 4.78 is 38.6. The Balaban J connectivity index is 2.82. The van der Waals surface area contributed by atoms with Crippen LogP contribution in [-0.4, -0.2) is 11.7 Å². The average molecular weight is 231 g/mol. The molecule has 0 spiro atoms. The Morgan fingerprint density at radius 1 is 1.19 bits per heavy atom. The van der Waals surface area contributed by atoms with Crippen molar-refractivity contribution in [3.63, 3.8) is 0 Å². The van der Waals surface area contributed by atoms with Gasteiger partial charge in [-0.05, 0) is 0 Å². The molecule has 0 bridgehead atoms. The number of hydrogen-bond donors (Lipinski definition) is 1. The largest absolute Gasteiger partial charge is 0.345 e. The molecule has 86 valence electrons. The van der Waals surface area contributed by atoms with Crippen LogP contribution < -0.4 is 5.32 Å². The second-order valence-corrected chi connectivity index (χ2v) is 3.09. The van der Waals surface area contributed by atoms with Gasteiger partial charge >= 0.3 is 0 Å². The zero-order chi connectivity index (χ0) is 12.3. The molecule has 0 fully saturated rings. The van der Waals surface area contributed by atoms with E-state index in [2.05, 4.69) is 0 Å². The van der Waals surface area contributed by atoms with Crippen molar-refractivity contribution in [2.24, 2.45) is 0 Å². The van der Waals surface area contributed by atoms with Crippen molar-refractivity contribution < 1.29 is 22.8 Å². The van der Waals surface area contributed by atoms with Gasteiger partial charge in [0.2, 0.25) is 5.78 Å². The molecule has 1 aromatic rings. The Bertz CT molecular complexity index is 423. The van der Waals surface area contributed by atoms with E-state index in [1.807, 2.05) is 5.32 Å².